The molecule has 0 saturated carbocycles. The van der Waals surface area contributed by atoms with E-state index >= 15 is 0 Å². The molecule has 1 aliphatic rings. The Bertz CT molecular complexity index is 1730. The van der Waals surface area contributed by atoms with Crippen molar-refractivity contribution >= 4 is 41.1 Å². The minimum absolute atomic E-state index is 0.0734. The van der Waals surface area contributed by atoms with Crippen molar-refractivity contribution in [2.75, 3.05) is 33.1 Å². The average molecular weight is 902 g/mol. The first-order valence-corrected chi connectivity index (χ1v) is 25.0. The first-order valence-electron chi connectivity index (χ1n) is 24.5. The molecule has 0 spiro atoms. The molecule has 1 aliphatic heterocycles. The number of nitrogens with zero attached hydrogens (tertiary/aromatic N) is 1. The number of alkyl halides is 1. The van der Waals surface area contributed by atoms with Crippen molar-refractivity contribution in [1.82, 2.24) is 10.2 Å². The molecule has 1 amide bonds. The second kappa shape index (κ2) is 32.5. The van der Waals surface area contributed by atoms with Gasteiger partial charge in [0.25, 0.3) is 0 Å². The summed E-state index contributed by atoms with van der Waals surface area (Å²) in [6.45, 7) is 10.0. The lowest BCUT2D eigenvalue weighted by Crippen LogP contribution is -2.48. The molecular weight excluding hydrogens is 820 g/mol. The number of likely N-dealkylation sites (N-methyl/N-ethyl adjacent to an activating group) is 1. The van der Waals surface area contributed by atoms with Crippen LogP contribution in [0.25, 0.3) is 11.1 Å². The van der Waals surface area contributed by atoms with Crippen LogP contribution in [0.2, 0.25) is 0 Å². The fraction of sp³-hybridized carbons (Fsp3) is 0.582. The number of hydrogen-bond donors (Lipinski definition) is 1. The Balaban J connectivity index is 0.000000345. The fourth-order valence-corrected chi connectivity index (χ4v) is 8.42. The summed E-state index contributed by atoms with van der Waals surface area (Å²) in [5.41, 5.74) is 6.04. The van der Waals surface area contributed by atoms with E-state index in [9.17, 15) is 14.4 Å². The lowest BCUT2D eigenvalue weighted by atomic mass is 9.86. The quantitative estimate of drug-likeness (QED) is 0.0219. The van der Waals surface area contributed by atoms with Crippen molar-refractivity contribution in [2.24, 2.45) is 11.8 Å². The first-order chi connectivity index (χ1) is 31.1. The summed E-state index contributed by atoms with van der Waals surface area (Å²) in [5.74, 6) is 1.16. The maximum Gasteiger partial charge on any atom is 0.328 e. The molecule has 0 bridgehead atoms. The van der Waals surface area contributed by atoms with Crippen LogP contribution in [-0.4, -0.2) is 74.6 Å². The number of carbonyl (C=O) groups excluding carboxylic acids is 3. The summed E-state index contributed by atoms with van der Waals surface area (Å²) in [4.78, 5) is 38.1. The molecule has 354 valence electrons. The Hall–Kier alpha value is -4.14. The molecule has 1 heterocycles. The van der Waals surface area contributed by atoms with Crippen LogP contribution in [0, 0.1) is 11.8 Å². The van der Waals surface area contributed by atoms with E-state index in [2.05, 4.69) is 96.9 Å². The van der Waals surface area contributed by atoms with Crippen LogP contribution in [0.5, 0.6) is 5.75 Å². The molecule has 4 rings (SSSR count). The number of hydrogen-bond acceptors (Lipinski definition) is 7. The van der Waals surface area contributed by atoms with Crippen molar-refractivity contribution in [2.45, 2.75) is 162 Å². The molecule has 0 unspecified atom stereocenters. The Morgan fingerprint density at radius 3 is 1.89 bits per heavy atom. The highest BCUT2D eigenvalue weighted by atomic mass is 35.5. The van der Waals surface area contributed by atoms with E-state index in [0.29, 0.717) is 31.7 Å². The summed E-state index contributed by atoms with van der Waals surface area (Å²) >= 11 is 6.21. The zero-order chi connectivity index (χ0) is 46.4. The molecule has 8 nitrogen and oxygen atoms in total. The molecular formula is C55H81ClN2O6. The summed E-state index contributed by atoms with van der Waals surface area (Å²) in [5, 5.41) is 2.62. The van der Waals surface area contributed by atoms with Gasteiger partial charge >= 0.3 is 11.9 Å². The number of rotatable bonds is 32. The van der Waals surface area contributed by atoms with Gasteiger partial charge in [0.15, 0.2) is 0 Å². The largest absolute Gasteiger partial charge is 0.492 e. The van der Waals surface area contributed by atoms with Crippen molar-refractivity contribution in [3.8, 4) is 5.75 Å². The zero-order valence-corrected chi connectivity index (χ0v) is 40.9. The van der Waals surface area contributed by atoms with Crippen LogP contribution in [0.4, 0.5) is 0 Å². The van der Waals surface area contributed by atoms with Crippen LogP contribution < -0.4 is 10.1 Å². The Morgan fingerprint density at radius 1 is 0.781 bits per heavy atom. The third-order valence-electron chi connectivity index (χ3n) is 11.8. The molecule has 3 aromatic rings. The SMILES string of the molecule is CCCCCCCCCCC[C@@H](C[C@@H]1OC(=O)[C@H]1CCCCCC)OC(=O)[C@H](CC(C)C)NC=O.CN(C)CCOc1ccc(/C(=C(/CCCl)c2ccccc2)c2ccccc2)cc1. The number of esters is 2. The van der Waals surface area contributed by atoms with Crippen LogP contribution in [-0.2, 0) is 23.9 Å². The van der Waals surface area contributed by atoms with E-state index in [1.54, 1.807) is 0 Å². The highest BCUT2D eigenvalue weighted by molar-refractivity contribution is 6.18. The van der Waals surface area contributed by atoms with Gasteiger partial charge in [0.05, 0.1) is 5.92 Å². The standard InChI is InChI=1S/C29H53NO5.C26H28ClNO/c1-5-7-9-11-12-13-14-15-16-18-24(34-29(33)26(30-22-31)20-23(3)4)21-27-25(28(32)35-27)19-17-10-8-6-2;1-28(2)19-20-29-24-15-13-23(14-16-24)26(22-11-7-4-8-12-22)25(17-18-27)21-9-5-3-6-10-21/h22-27H,5-21H2,1-4H3,(H,30,31);3-16H,17-20H2,1-2H3/b;26-25-/t24-,25-,26-,27-;/m0./s1. The van der Waals surface area contributed by atoms with Crippen LogP contribution in [0.1, 0.15) is 160 Å². The number of unbranched alkanes of at least 4 members (excludes halogenated alkanes) is 11. The van der Waals surface area contributed by atoms with E-state index in [-0.39, 0.29) is 36.0 Å². The minimum Gasteiger partial charge on any atom is -0.492 e. The van der Waals surface area contributed by atoms with E-state index < -0.39 is 6.04 Å². The summed E-state index contributed by atoms with van der Waals surface area (Å²) in [6, 6.07) is 28.8. The van der Waals surface area contributed by atoms with Crippen molar-refractivity contribution in [1.29, 1.82) is 0 Å². The molecule has 1 N–H and O–H groups in total. The van der Waals surface area contributed by atoms with Gasteiger partial charge in [0.1, 0.15) is 30.6 Å². The van der Waals surface area contributed by atoms with Gasteiger partial charge in [-0.15, -0.1) is 11.6 Å². The van der Waals surface area contributed by atoms with Gasteiger partial charge in [-0.25, -0.2) is 4.79 Å². The maximum atomic E-state index is 12.9. The summed E-state index contributed by atoms with van der Waals surface area (Å²) < 4.78 is 17.3. The van der Waals surface area contributed by atoms with Crippen molar-refractivity contribution in [3.05, 3.63) is 102 Å². The second-order valence-electron chi connectivity index (χ2n) is 18.0. The van der Waals surface area contributed by atoms with E-state index in [1.165, 1.54) is 85.6 Å². The average Bonchev–Trinajstić information content (AvgIpc) is 3.29. The Labute approximate surface area is 392 Å². The number of allylic oxidation sites excluding steroid dienone is 1. The molecule has 0 radical (unpaired) electrons. The molecule has 0 aliphatic carbocycles. The number of cyclic esters (lactones) is 1. The molecule has 9 heteroatoms. The van der Waals surface area contributed by atoms with Gasteiger partial charge in [0.2, 0.25) is 6.41 Å². The van der Waals surface area contributed by atoms with Gasteiger partial charge in [0, 0.05) is 18.8 Å². The number of nitrogens with one attached hydrogen (secondary N) is 1. The number of benzene rings is 3. The number of halogens is 1. The van der Waals surface area contributed by atoms with Gasteiger partial charge in [-0.1, -0.05) is 178 Å². The Kier molecular flexibility index (Phi) is 27.5. The third-order valence-corrected chi connectivity index (χ3v) is 12.0. The van der Waals surface area contributed by atoms with Gasteiger partial charge < -0.3 is 24.4 Å². The number of carbonyl (C=O) groups is 3. The van der Waals surface area contributed by atoms with Crippen molar-refractivity contribution in [3.63, 3.8) is 0 Å². The monoisotopic (exact) mass is 901 g/mol. The lowest BCUT2D eigenvalue weighted by molar-refractivity contribution is -0.190. The molecule has 1 saturated heterocycles. The summed E-state index contributed by atoms with van der Waals surface area (Å²) in [6.07, 6.45) is 19.3. The Morgan fingerprint density at radius 2 is 1.34 bits per heavy atom. The number of amides is 1. The predicted octanol–water partition coefficient (Wildman–Crippen LogP) is 13.1. The highest BCUT2D eigenvalue weighted by Gasteiger charge is 2.43. The van der Waals surface area contributed by atoms with E-state index in [0.717, 1.165) is 57.2 Å². The summed E-state index contributed by atoms with van der Waals surface area (Å²) in [7, 11) is 4.09. The third kappa shape index (κ3) is 20.8. The fourth-order valence-electron chi connectivity index (χ4n) is 8.24. The van der Waals surface area contributed by atoms with E-state index in [4.69, 9.17) is 25.8 Å². The van der Waals surface area contributed by atoms with Crippen LogP contribution in [0.3, 0.4) is 0 Å². The van der Waals surface area contributed by atoms with E-state index in [1.807, 2.05) is 40.1 Å². The molecule has 64 heavy (non-hydrogen) atoms. The van der Waals surface area contributed by atoms with Crippen molar-refractivity contribution < 1.29 is 28.6 Å². The maximum absolute atomic E-state index is 12.9. The zero-order valence-electron chi connectivity index (χ0n) is 40.2. The van der Waals surface area contributed by atoms with Gasteiger partial charge in [-0.3, -0.25) is 9.59 Å². The van der Waals surface area contributed by atoms with Crippen LogP contribution in [0.15, 0.2) is 84.9 Å². The number of ether oxygens (including phenoxy) is 3. The predicted molar refractivity (Wildman–Crippen MR) is 266 cm³/mol. The highest BCUT2D eigenvalue weighted by Crippen LogP contribution is 2.36. The smallest absolute Gasteiger partial charge is 0.328 e. The first kappa shape index (κ1) is 54.2. The molecule has 0 aromatic heterocycles. The molecule has 4 atom stereocenters. The second-order valence-corrected chi connectivity index (χ2v) is 18.4. The molecule has 3 aromatic carbocycles. The minimum atomic E-state index is -0.632. The molecule has 1 fully saturated rings. The van der Waals surface area contributed by atoms with Gasteiger partial charge in [-0.05, 0) is 92.1 Å². The lowest BCUT2D eigenvalue weighted by Gasteiger charge is -2.37. The normalized spacial score (nSPS) is 15.9. The van der Waals surface area contributed by atoms with Gasteiger partial charge in [-0.2, -0.15) is 0 Å². The van der Waals surface area contributed by atoms with Crippen LogP contribution >= 0.6 is 11.6 Å². The topological polar surface area (TPSA) is 94.2 Å².